The molecule has 3 saturated heterocycles. The highest BCUT2D eigenvalue weighted by molar-refractivity contribution is 14.1. The number of piperazine rings is 1. The Labute approximate surface area is 238 Å². The number of methoxy groups -OCH3 is 2. The van der Waals surface area contributed by atoms with Crippen LogP contribution in [0.3, 0.4) is 0 Å². The van der Waals surface area contributed by atoms with Crippen molar-refractivity contribution in [2.45, 2.75) is 102 Å². The molecule has 0 radical (unpaired) electrons. The monoisotopic (exact) mass is 634 g/mol. The maximum absolute atomic E-state index is 6.49. The van der Waals surface area contributed by atoms with Gasteiger partial charge in [0, 0.05) is 86.2 Å². The molecular formula is C28H51IN4O4. The van der Waals surface area contributed by atoms with Gasteiger partial charge in [0.05, 0.1) is 6.61 Å². The van der Waals surface area contributed by atoms with Gasteiger partial charge in [-0.05, 0) is 61.8 Å². The Bertz CT molecular complexity index is 843. The highest BCUT2D eigenvalue weighted by atomic mass is 127. The number of halogens is 1. The minimum absolute atomic E-state index is 0.0894. The molecule has 0 spiro atoms. The van der Waals surface area contributed by atoms with Gasteiger partial charge in [-0.15, -0.1) is 0 Å². The summed E-state index contributed by atoms with van der Waals surface area (Å²) in [6, 6.07) is 0. The molecule has 8 nitrogen and oxygen atoms in total. The topological polar surface area (TPSA) is 49.9 Å². The van der Waals surface area contributed by atoms with Crippen LogP contribution in [0.5, 0.6) is 0 Å². The Balaban J connectivity index is 1.33. The number of hydrogen-bond donors (Lipinski definition) is 0. The summed E-state index contributed by atoms with van der Waals surface area (Å²) in [6.07, 6.45) is 1.02. The molecule has 5 rings (SSSR count). The molecule has 37 heavy (non-hydrogen) atoms. The van der Waals surface area contributed by atoms with Crippen molar-refractivity contribution in [3.63, 3.8) is 0 Å². The fourth-order valence-electron chi connectivity index (χ4n) is 10.2. The van der Waals surface area contributed by atoms with Crippen molar-refractivity contribution in [1.29, 1.82) is 0 Å². The second-order valence-electron chi connectivity index (χ2n) is 14.1. The molecule has 5 fully saturated rings. The first-order chi connectivity index (χ1) is 17.2. The Morgan fingerprint density at radius 3 is 1.22 bits per heavy atom. The second-order valence-corrected chi connectivity index (χ2v) is 14.7. The third-order valence-electron chi connectivity index (χ3n) is 10.9. The molecule has 0 N–H and O–H groups in total. The summed E-state index contributed by atoms with van der Waals surface area (Å²) in [5.74, 6) is 1.65. The molecule has 0 aromatic carbocycles. The average molecular weight is 635 g/mol. The Kier molecular flexibility index (Phi) is 7.00. The van der Waals surface area contributed by atoms with Crippen molar-refractivity contribution in [3.05, 3.63) is 0 Å². The van der Waals surface area contributed by atoms with Gasteiger partial charge >= 0.3 is 0 Å². The molecule has 3 aliphatic heterocycles. The molecule has 0 aromatic rings. The lowest BCUT2D eigenvalue weighted by Gasteiger charge is -2.52. The number of fused-ring (bicyclic) bond motifs is 2. The van der Waals surface area contributed by atoms with E-state index in [4.69, 9.17) is 19.1 Å². The Hall–Kier alpha value is 0.410. The normalized spacial score (nSPS) is 44.1. The van der Waals surface area contributed by atoms with Gasteiger partial charge in [-0.1, -0.05) is 29.5 Å². The molecule has 0 amide bonds. The summed E-state index contributed by atoms with van der Waals surface area (Å²) in [7, 11) is 3.83. The first kappa shape index (κ1) is 28.9. The van der Waals surface area contributed by atoms with Gasteiger partial charge in [-0.3, -0.25) is 19.5 Å². The first-order valence-electron chi connectivity index (χ1n) is 14.2. The smallest absolute Gasteiger partial charge is 0.131 e. The summed E-state index contributed by atoms with van der Waals surface area (Å²) in [4.78, 5) is 17.8. The van der Waals surface area contributed by atoms with E-state index in [2.05, 4.69) is 105 Å². The highest BCUT2D eigenvalue weighted by Gasteiger charge is 2.86. The van der Waals surface area contributed by atoms with Crippen LogP contribution in [0.25, 0.3) is 0 Å². The van der Waals surface area contributed by atoms with Crippen LogP contribution in [0, 0.1) is 23.7 Å². The molecule has 2 aliphatic carbocycles. The van der Waals surface area contributed by atoms with Gasteiger partial charge in [0.15, 0.2) is 0 Å². The Morgan fingerprint density at radius 2 is 0.946 bits per heavy atom. The molecule has 3 heterocycles. The third kappa shape index (κ3) is 3.47. The van der Waals surface area contributed by atoms with Crippen molar-refractivity contribution < 1.29 is 19.1 Å². The van der Waals surface area contributed by atoms with Crippen LogP contribution in [0.2, 0.25) is 0 Å². The predicted octanol–water partition coefficient (Wildman–Crippen LogP) is 4.19. The lowest BCUT2D eigenvalue weighted by atomic mass is 9.94. The molecule has 5 aliphatic rings. The molecule has 9 heteroatoms. The first-order valence-corrected chi connectivity index (χ1v) is 15.7. The van der Waals surface area contributed by atoms with E-state index in [1.807, 2.05) is 14.2 Å². The van der Waals surface area contributed by atoms with Crippen LogP contribution in [0.1, 0.15) is 68.7 Å². The predicted molar refractivity (Wildman–Crippen MR) is 153 cm³/mol. The van der Waals surface area contributed by atoms with Crippen LogP contribution in [-0.4, -0.2) is 105 Å². The maximum Gasteiger partial charge on any atom is 0.131 e. The highest BCUT2D eigenvalue weighted by Crippen LogP contribution is 2.74. The number of nitrogens with zero attached hydrogens (tertiary/aromatic N) is 4. The van der Waals surface area contributed by atoms with E-state index in [1.165, 1.54) is 0 Å². The van der Waals surface area contributed by atoms with Gasteiger partial charge in [0.2, 0.25) is 0 Å². The fraction of sp³-hybridized carbons (Fsp3) is 1.00. The van der Waals surface area contributed by atoms with E-state index in [-0.39, 0.29) is 33.6 Å². The van der Waals surface area contributed by atoms with Crippen molar-refractivity contribution in [1.82, 2.24) is 19.9 Å². The lowest BCUT2D eigenvalue weighted by Crippen LogP contribution is -2.65. The molecule has 0 aromatic heterocycles. The largest absolute Gasteiger partial charge is 0.363 e. The van der Waals surface area contributed by atoms with Crippen molar-refractivity contribution >= 4 is 22.6 Å². The van der Waals surface area contributed by atoms with E-state index in [0.717, 1.165) is 39.2 Å². The molecule has 2 saturated carbocycles. The summed E-state index contributed by atoms with van der Waals surface area (Å²) < 4.78 is 13.6. The van der Waals surface area contributed by atoms with Crippen LogP contribution in [0.15, 0.2) is 0 Å². The lowest BCUT2D eigenvalue weighted by molar-refractivity contribution is -0.279. The van der Waals surface area contributed by atoms with Crippen molar-refractivity contribution in [2.24, 2.45) is 23.7 Å². The zero-order valence-electron chi connectivity index (χ0n) is 25.1. The summed E-state index contributed by atoms with van der Waals surface area (Å²) in [5.41, 5.74) is -0.823. The van der Waals surface area contributed by atoms with Crippen LogP contribution >= 0.6 is 22.6 Å². The van der Waals surface area contributed by atoms with Gasteiger partial charge < -0.3 is 9.47 Å². The average Bonchev–Trinajstić information content (AvgIpc) is 3.70. The zero-order chi connectivity index (χ0) is 27.4. The fourth-order valence-corrected chi connectivity index (χ4v) is 10.5. The minimum Gasteiger partial charge on any atom is -0.363 e. The number of piperidine rings is 2. The summed E-state index contributed by atoms with van der Waals surface area (Å²) in [6.45, 7) is 25.5. The van der Waals surface area contributed by atoms with E-state index < -0.39 is 0 Å². The van der Waals surface area contributed by atoms with Crippen molar-refractivity contribution in [2.75, 3.05) is 51.6 Å². The van der Waals surface area contributed by atoms with Crippen LogP contribution < -0.4 is 0 Å². The van der Waals surface area contributed by atoms with Gasteiger partial charge in [-0.2, -0.15) is 10.1 Å². The van der Waals surface area contributed by atoms with E-state index >= 15 is 0 Å². The minimum atomic E-state index is -0.229. The number of hydroxylamine groups is 4. The maximum atomic E-state index is 6.49. The third-order valence-corrected chi connectivity index (χ3v) is 11.2. The number of rotatable bonds is 9. The van der Waals surface area contributed by atoms with E-state index in [0.29, 0.717) is 28.3 Å². The number of hydrogen-bond acceptors (Lipinski definition) is 8. The standard InChI is InChI=1S/C28H51IN4O4/c1-12-17-36-32-23(2,3)19-20(24(32,4)5)27(19,34-10)30-13-15-31(16-14-30)28(35-11)21-22(28)26(8,9)33(37-18-29)25(21,6)7/h19-22H,12-18H2,1-11H3. The molecule has 4 atom stereocenters. The molecule has 0 bridgehead atoms. The van der Waals surface area contributed by atoms with E-state index in [1.54, 1.807) is 0 Å². The second kappa shape index (κ2) is 8.95. The number of ether oxygens (including phenoxy) is 2. The van der Waals surface area contributed by atoms with E-state index in [9.17, 15) is 0 Å². The van der Waals surface area contributed by atoms with Crippen molar-refractivity contribution in [3.8, 4) is 0 Å². The zero-order valence-corrected chi connectivity index (χ0v) is 27.2. The Morgan fingerprint density at radius 1 is 0.622 bits per heavy atom. The van der Waals surface area contributed by atoms with Crippen LogP contribution in [0.4, 0.5) is 0 Å². The quantitative estimate of drug-likeness (QED) is 0.277. The van der Waals surface area contributed by atoms with Gasteiger partial charge in [0.1, 0.15) is 16.1 Å². The molecule has 4 unspecified atom stereocenters. The summed E-state index contributed by atoms with van der Waals surface area (Å²) in [5, 5.41) is 4.53. The summed E-state index contributed by atoms with van der Waals surface area (Å²) >= 11 is 2.30. The van der Waals surface area contributed by atoms with Gasteiger partial charge in [0.25, 0.3) is 0 Å². The molecular weight excluding hydrogens is 583 g/mol. The van der Waals surface area contributed by atoms with Gasteiger partial charge in [-0.25, -0.2) is 0 Å². The molecule has 214 valence electrons. The SMILES string of the molecule is CCCON1C(C)(C)C2C(C1(C)C)C2(OC)N1CCN(C2(OC)C3C2C(C)(C)N(OCI)C3(C)C)CC1. The van der Waals surface area contributed by atoms with Crippen LogP contribution in [-0.2, 0) is 19.1 Å². The number of alkyl halides is 1.